The number of benzene rings is 2. The minimum atomic E-state index is -0.941. The van der Waals surface area contributed by atoms with Gasteiger partial charge in [0.05, 0.1) is 17.2 Å². The summed E-state index contributed by atoms with van der Waals surface area (Å²) in [5, 5.41) is 13.1. The van der Waals surface area contributed by atoms with Gasteiger partial charge in [-0.1, -0.05) is 17.7 Å². The lowest BCUT2D eigenvalue weighted by atomic mass is 9.79. The molecule has 4 rings (SSSR count). The monoisotopic (exact) mass is 421 g/mol. The van der Waals surface area contributed by atoms with Crippen LogP contribution >= 0.6 is 24.0 Å². The molecule has 1 amide bonds. The normalized spacial score (nSPS) is 16.5. The number of anilines is 2. The van der Waals surface area contributed by atoms with Crippen molar-refractivity contribution in [1.29, 1.82) is 0 Å². The SMILES string of the molecule is CN1CCN(c2ccc(C(=O)Nc3ccc4c(c3)B(O)OC4)c(Cl)c2)CC1.Cl. The van der Waals surface area contributed by atoms with Crippen molar-refractivity contribution in [2.75, 3.05) is 43.4 Å². The number of fused-ring (bicyclic) bond motifs is 1. The first-order chi connectivity index (χ1) is 13.0. The fraction of sp³-hybridized carbons (Fsp3) is 0.316. The van der Waals surface area contributed by atoms with E-state index in [-0.39, 0.29) is 18.3 Å². The number of nitrogens with one attached hydrogen (secondary N) is 1. The molecular formula is C19H22BCl2N3O3. The zero-order valence-electron chi connectivity index (χ0n) is 15.5. The molecule has 0 aromatic heterocycles. The van der Waals surface area contributed by atoms with E-state index >= 15 is 0 Å². The molecule has 2 aliphatic heterocycles. The van der Waals surface area contributed by atoms with Crippen LogP contribution in [-0.4, -0.2) is 56.2 Å². The lowest BCUT2D eigenvalue weighted by Crippen LogP contribution is -2.44. The van der Waals surface area contributed by atoms with E-state index in [2.05, 4.69) is 22.2 Å². The van der Waals surface area contributed by atoms with Crippen molar-refractivity contribution in [2.24, 2.45) is 0 Å². The predicted molar refractivity (Wildman–Crippen MR) is 115 cm³/mol. The highest BCUT2D eigenvalue weighted by molar-refractivity contribution is 6.61. The van der Waals surface area contributed by atoms with E-state index < -0.39 is 7.12 Å². The van der Waals surface area contributed by atoms with Crippen LogP contribution in [0.1, 0.15) is 15.9 Å². The summed E-state index contributed by atoms with van der Waals surface area (Å²) in [6, 6.07) is 10.9. The number of halogens is 2. The van der Waals surface area contributed by atoms with E-state index in [0.717, 1.165) is 37.4 Å². The second kappa shape index (κ2) is 8.72. The summed E-state index contributed by atoms with van der Waals surface area (Å²) in [5.74, 6) is -0.279. The van der Waals surface area contributed by atoms with Crippen LogP contribution in [0, 0.1) is 0 Å². The van der Waals surface area contributed by atoms with Gasteiger partial charge in [-0.2, -0.15) is 0 Å². The first kappa shape index (κ1) is 21.0. The molecule has 148 valence electrons. The molecule has 0 atom stereocenters. The minimum Gasteiger partial charge on any atom is -0.423 e. The number of nitrogens with zero attached hydrogens (tertiary/aromatic N) is 2. The van der Waals surface area contributed by atoms with Crippen LogP contribution in [-0.2, 0) is 11.3 Å². The highest BCUT2D eigenvalue weighted by Gasteiger charge is 2.27. The van der Waals surface area contributed by atoms with Gasteiger partial charge in [0.25, 0.3) is 5.91 Å². The Hall–Kier alpha value is -1.77. The van der Waals surface area contributed by atoms with Crippen LogP contribution in [0.4, 0.5) is 11.4 Å². The summed E-state index contributed by atoms with van der Waals surface area (Å²) in [6.07, 6.45) is 0. The first-order valence-corrected chi connectivity index (χ1v) is 9.36. The Labute approximate surface area is 176 Å². The summed E-state index contributed by atoms with van der Waals surface area (Å²) in [6.45, 7) is 4.28. The molecule has 0 unspecified atom stereocenters. The minimum absolute atomic E-state index is 0. The Morgan fingerprint density at radius 3 is 2.64 bits per heavy atom. The number of piperazine rings is 1. The maximum Gasteiger partial charge on any atom is 0.491 e. The molecule has 2 aliphatic rings. The van der Waals surface area contributed by atoms with Crippen molar-refractivity contribution in [1.82, 2.24) is 4.90 Å². The van der Waals surface area contributed by atoms with Gasteiger partial charge in [0, 0.05) is 37.6 Å². The fourth-order valence-corrected chi connectivity index (χ4v) is 3.70. The van der Waals surface area contributed by atoms with Gasteiger partial charge in [0.2, 0.25) is 0 Å². The van der Waals surface area contributed by atoms with Gasteiger partial charge in [0.1, 0.15) is 0 Å². The summed E-state index contributed by atoms with van der Waals surface area (Å²) in [7, 11) is 1.17. The Balaban J connectivity index is 0.00000225. The van der Waals surface area contributed by atoms with Crippen LogP contribution in [0.15, 0.2) is 36.4 Å². The molecule has 1 fully saturated rings. The molecule has 1 saturated heterocycles. The average molecular weight is 422 g/mol. The maximum atomic E-state index is 12.6. The Morgan fingerprint density at radius 2 is 1.93 bits per heavy atom. The van der Waals surface area contributed by atoms with Crippen LogP contribution in [0.2, 0.25) is 5.02 Å². The van der Waals surface area contributed by atoms with Crippen molar-refractivity contribution >= 4 is 53.9 Å². The molecular weight excluding hydrogens is 400 g/mol. The third-order valence-electron chi connectivity index (χ3n) is 5.13. The van der Waals surface area contributed by atoms with Gasteiger partial charge >= 0.3 is 7.12 Å². The van der Waals surface area contributed by atoms with Gasteiger partial charge in [-0.15, -0.1) is 12.4 Å². The topological polar surface area (TPSA) is 65.0 Å². The summed E-state index contributed by atoms with van der Waals surface area (Å²) in [5.41, 5.74) is 3.66. The van der Waals surface area contributed by atoms with Crippen molar-refractivity contribution in [3.05, 3.63) is 52.5 Å². The third-order valence-corrected chi connectivity index (χ3v) is 5.44. The van der Waals surface area contributed by atoms with E-state index in [0.29, 0.717) is 28.3 Å². The largest absolute Gasteiger partial charge is 0.491 e. The molecule has 28 heavy (non-hydrogen) atoms. The molecule has 0 spiro atoms. The van der Waals surface area contributed by atoms with Crippen molar-refractivity contribution in [3.63, 3.8) is 0 Å². The predicted octanol–water partition coefficient (Wildman–Crippen LogP) is 1.98. The lowest BCUT2D eigenvalue weighted by Gasteiger charge is -2.34. The van der Waals surface area contributed by atoms with Crippen LogP contribution in [0.25, 0.3) is 0 Å². The van der Waals surface area contributed by atoms with E-state index in [1.807, 2.05) is 18.2 Å². The van der Waals surface area contributed by atoms with E-state index in [1.165, 1.54) is 0 Å². The molecule has 0 aliphatic carbocycles. The van der Waals surface area contributed by atoms with Gasteiger partial charge in [-0.05, 0) is 48.4 Å². The maximum absolute atomic E-state index is 12.6. The van der Waals surface area contributed by atoms with Crippen LogP contribution < -0.4 is 15.7 Å². The number of amides is 1. The Bertz CT molecular complexity index is 875. The second-order valence-electron chi connectivity index (χ2n) is 6.99. The molecule has 2 heterocycles. The third kappa shape index (κ3) is 4.29. The van der Waals surface area contributed by atoms with Gasteiger partial charge in [-0.25, -0.2) is 0 Å². The number of rotatable bonds is 3. The Morgan fingerprint density at radius 1 is 1.18 bits per heavy atom. The summed E-state index contributed by atoms with van der Waals surface area (Å²) >= 11 is 6.40. The first-order valence-electron chi connectivity index (χ1n) is 8.98. The smallest absolute Gasteiger partial charge is 0.423 e. The van der Waals surface area contributed by atoms with Crippen molar-refractivity contribution in [2.45, 2.75) is 6.61 Å². The zero-order valence-corrected chi connectivity index (χ0v) is 17.1. The molecule has 0 radical (unpaired) electrons. The van der Waals surface area contributed by atoms with E-state index in [9.17, 15) is 9.82 Å². The number of carbonyl (C=O) groups is 1. The number of hydrogen-bond donors (Lipinski definition) is 2. The average Bonchev–Trinajstić information content (AvgIpc) is 3.03. The highest BCUT2D eigenvalue weighted by atomic mass is 35.5. The van der Waals surface area contributed by atoms with Gasteiger partial charge in [0.15, 0.2) is 0 Å². The molecule has 6 nitrogen and oxygen atoms in total. The zero-order chi connectivity index (χ0) is 19.0. The molecule has 0 bridgehead atoms. The number of carbonyl (C=O) groups excluding carboxylic acids is 1. The van der Waals surface area contributed by atoms with E-state index in [1.54, 1.807) is 18.2 Å². The quantitative estimate of drug-likeness (QED) is 0.742. The van der Waals surface area contributed by atoms with E-state index in [4.69, 9.17) is 16.3 Å². The molecule has 2 aromatic carbocycles. The molecule has 9 heteroatoms. The van der Waals surface area contributed by atoms with Gasteiger partial charge in [-0.3, -0.25) is 4.79 Å². The second-order valence-corrected chi connectivity index (χ2v) is 7.39. The van der Waals surface area contributed by atoms with Crippen molar-refractivity contribution < 1.29 is 14.5 Å². The molecule has 2 N–H and O–H groups in total. The molecule has 2 aromatic rings. The van der Waals surface area contributed by atoms with Crippen LogP contribution in [0.3, 0.4) is 0 Å². The van der Waals surface area contributed by atoms with Crippen molar-refractivity contribution in [3.8, 4) is 0 Å². The van der Waals surface area contributed by atoms with Gasteiger partial charge < -0.3 is 24.8 Å². The Kier molecular flexibility index (Phi) is 6.52. The summed E-state index contributed by atoms with van der Waals surface area (Å²) in [4.78, 5) is 17.2. The van der Waals surface area contributed by atoms with Crippen LogP contribution in [0.5, 0.6) is 0 Å². The fourth-order valence-electron chi connectivity index (χ4n) is 3.44. The molecule has 0 saturated carbocycles. The highest BCUT2D eigenvalue weighted by Crippen LogP contribution is 2.25. The lowest BCUT2D eigenvalue weighted by molar-refractivity contribution is 0.102. The number of likely N-dealkylation sites (N-methyl/N-ethyl adjacent to an activating group) is 1. The standard InChI is InChI=1S/C19H21BClN3O3.ClH/c1-23-6-8-24(9-7-23)15-4-5-16(18(21)11-15)19(25)22-14-3-2-13-12-27-20(26)17(13)10-14;/h2-5,10-11,26H,6-9,12H2,1H3,(H,22,25);1H. The number of hydrogen-bond acceptors (Lipinski definition) is 5. The summed E-state index contributed by atoms with van der Waals surface area (Å²) < 4.78 is 5.18.